The first-order valence-corrected chi connectivity index (χ1v) is 7.91. The van der Waals surface area contributed by atoms with Crippen LogP contribution in [0.3, 0.4) is 0 Å². The second-order valence-electron chi connectivity index (χ2n) is 5.91. The smallest absolute Gasteiger partial charge is 0.317 e. The van der Waals surface area contributed by atoms with Crippen molar-refractivity contribution in [2.75, 3.05) is 19.7 Å². The van der Waals surface area contributed by atoms with Crippen molar-refractivity contribution in [2.24, 2.45) is 5.92 Å². The maximum Gasteiger partial charge on any atom is 0.317 e. The van der Waals surface area contributed by atoms with E-state index in [-0.39, 0.29) is 25.0 Å². The summed E-state index contributed by atoms with van der Waals surface area (Å²) in [6, 6.07) is 0.263. The Morgan fingerprint density at radius 2 is 2.05 bits per heavy atom. The quantitative estimate of drug-likeness (QED) is 0.574. The summed E-state index contributed by atoms with van der Waals surface area (Å²) in [7, 11) is 0. The van der Waals surface area contributed by atoms with Crippen LogP contribution in [-0.2, 0) is 4.79 Å². The molecule has 3 N–H and O–H groups in total. The van der Waals surface area contributed by atoms with Gasteiger partial charge < -0.3 is 20.4 Å². The van der Waals surface area contributed by atoms with Gasteiger partial charge in [0.2, 0.25) is 0 Å². The molecule has 0 aromatic heterocycles. The number of carbonyl (C=O) groups excluding carboxylic acids is 1. The van der Waals surface area contributed by atoms with Crippen molar-refractivity contribution in [3.63, 3.8) is 0 Å². The third-order valence-corrected chi connectivity index (χ3v) is 4.10. The first-order valence-electron chi connectivity index (χ1n) is 7.91. The molecule has 0 aromatic rings. The molecule has 0 saturated heterocycles. The van der Waals surface area contributed by atoms with Gasteiger partial charge in [0.25, 0.3) is 0 Å². The summed E-state index contributed by atoms with van der Waals surface area (Å²) < 4.78 is 0. The van der Waals surface area contributed by atoms with Crippen LogP contribution >= 0.6 is 0 Å². The summed E-state index contributed by atoms with van der Waals surface area (Å²) in [5.74, 6) is -0.484. The van der Waals surface area contributed by atoms with E-state index in [0.717, 1.165) is 19.3 Å². The largest absolute Gasteiger partial charge is 0.481 e. The molecule has 6 heteroatoms. The number of hydrogen-bond donors (Lipinski definition) is 3. The zero-order valence-electron chi connectivity index (χ0n) is 12.9. The number of hydrogen-bond acceptors (Lipinski definition) is 3. The Hall–Kier alpha value is -1.30. The molecule has 1 aliphatic carbocycles. The molecule has 0 spiro atoms. The van der Waals surface area contributed by atoms with Crippen molar-refractivity contribution in [1.29, 1.82) is 0 Å². The molecule has 1 unspecified atom stereocenters. The highest BCUT2D eigenvalue weighted by atomic mass is 16.4. The average Bonchev–Trinajstić information content (AvgIpc) is 2.38. The van der Waals surface area contributed by atoms with Crippen molar-refractivity contribution < 1.29 is 19.8 Å². The lowest BCUT2D eigenvalue weighted by Gasteiger charge is -2.37. The molecule has 1 fully saturated rings. The van der Waals surface area contributed by atoms with E-state index in [1.165, 1.54) is 6.42 Å². The SMILES string of the molecule is CC(CCNC(=O)N(CCCO)C1CCC1)CCC(=O)O. The highest BCUT2D eigenvalue weighted by molar-refractivity contribution is 5.74. The molecule has 0 aromatic carbocycles. The lowest BCUT2D eigenvalue weighted by Crippen LogP contribution is -2.49. The topological polar surface area (TPSA) is 89.9 Å². The molecule has 1 rings (SSSR count). The van der Waals surface area contributed by atoms with Gasteiger partial charge in [-0.15, -0.1) is 0 Å². The minimum atomic E-state index is -0.772. The molecule has 0 bridgehead atoms. The van der Waals surface area contributed by atoms with Gasteiger partial charge in [0.1, 0.15) is 0 Å². The number of nitrogens with zero attached hydrogens (tertiary/aromatic N) is 1. The lowest BCUT2D eigenvalue weighted by atomic mass is 9.91. The molecule has 6 nitrogen and oxygen atoms in total. The number of urea groups is 1. The Morgan fingerprint density at radius 3 is 2.57 bits per heavy atom. The zero-order chi connectivity index (χ0) is 15.7. The van der Waals surface area contributed by atoms with Crippen molar-refractivity contribution in [3.05, 3.63) is 0 Å². The van der Waals surface area contributed by atoms with Crippen LogP contribution < -0.4 is 5.32 Å². The summed E-state index contributed by atoms with van der Waals surface area (Å²) in [5.41, 5.74) is 0. The summed E-state index contributed by atoms with van der Waals surface area (Å²) in [6.45, 7) is 3.27. The van der Waals surface area contributed by atoms with Gasteiger partial charge >= 0.3 is 12.0 Å². The molecule has 21 heavy (non-hydrogen) atoms. The van der Waals surface area contributed by atoms with Gasteiger partial charge in [-0.25, -0.2) is 4.79 Å². The molecule has 0 radical (unpaired) electrons. The van der Waals surface area contributed by atoms with Gasteiger partial charge in [-0.1, -0.05) is 6.92 Å². The number of rotatable bonds is 10. The fourth-order valence-corrected chi connectivity index (χ4v) is 2.43. The minimum Gasteiger partial charge on any atom is -0.481 e. The van der Waals surface area contributed by atoms with Gasteiger partial charge in [0.05, 0.1) is 0 Å². The predicted molar refractivity (Wildman–Crippen MR) is 80.1 cm³/mol. The number of carbonyl (C=O) groups is 2. The molecule has 1 atom stereocenters. The number of nitrogens with one attached hydrogen (secondary N) is 1. The predicted octanol–water partition coefficient (Wildman–Crippen LogP) is 1.82. The Balaban J connectivity index is 2.24. The molecule has 1 saturated carbocycles. The monoisotopic (exact) mass is 300 g/mol. The van der Waals surface area contributed by atoms with Crippen LogP contribution in [0.1, 0.15) is 51.9 Å². The van der Waals surface area contributed by atoms with E-state index in [9.17, 15) is 9.59 Å². The number of aliphatic carboxylic acids is 1. The van der Waals surface area contributed by atoms with Gasteiger partial charge in [-0.05, 0) is 44.4 Å². The standard InChI is InChI=1S/C15H28N2O4/c1-12(6-7-14(19)20)8-9-16-15(21)17(10-3-11-18)13-4-2-5-13/h12-13,18H,2-11H2,1H3,(H,16,21)(H,19,20). The Morgan fingerprint density at radius 1 is 1.33 bits per heavy atom. The molecular formula is C15H28N2O4. The maximum atomic E-state index is 12.2. The van der Waals surface area contributed by atoms with Crippen molar-refractivity contribution >= 4 is 12.0 Å². The van der Waals surface area contributed by atoms with E-state index < -0.39 is 5.97 Å². The molecule has 0 aliphatic heterocycles. The van der Waals surface area contributed by atoms with E-state index in [2.05, 4.69) is 5.32 Å². The third-order valence-electron chi connectivity index (χ3n) is 4.10. The van der Waals surface area contributed by atoms with Crippen molar-refractivity contribution in [3.8, 4) is 0 Å². The molecule has 1 aliphatic rings. The highest BCUT2D eigenvalue weighted by Gasteiger charge is 2.28. The number of carboxylic acids is 1. The second-order valence-corrected chi connectivity index (χ2v) is 5.91. The summed E-state index contributed by atoms with van der Waals surface area (Å²) >= 11 is 0. The summed E-state index contributed by atoms with van der Waals surface area (Å²) in [5, 5.41) is 20.5. The Labute approximate surface area is 126 Å². The Kier molecular flexibility index (Phi) is 8.12. The summed E-state index contributed by atoms with van der Waals surface area (Å²) in [6.07, 6.45) is 5.49. The zero-order valence-corrected chi connectivity index (χ0v) is 12.9. The number of carboxylic acid groups (broad SMARTS) is 1. The number of amides is 2. The van der Waals surface area contributed by atoms with E-state index in [1.807, 2.05) is 11.8 Å². The first kappa shape index (κ1) is 17.8. The second kappa shape index (κ2) is 9.60. The average molecular weight is 300 g/mol. The van der Waals surface area contributed by atoms with E-state index in [4.69, 9.17) is 10.2 Å². The van der Waals surface area contributed by atoms with Gasteiger partial charge in [-0.3, -0.25) is 4.79 Å². The van der Waals surface area contributed by atoms with Crippen LogP contribution in [0.5, 0.6) is 0 Å². The Bertz CT molecular complexity index is 332. The molecule has 2 amide bonds. The molecule has 0 heterocycles. The van der Waals surface area contributed by atoms with Crippen LogP contribution in [0, 0.1) is 5.92 Å². The fourth-order valence-electron chi connectivity index (χ4n) is 2.43. The van der Waals surface area contributed by atoms with E-state index in [1.54, 1.807) is 0 Å². The number of aliphatic hydroxyl groups is 1. The first-order chi connectivity index (χ1) is 10.0. The summed E-state index contributed by atoms with van der Waals surface area (Å²) in [4.78, 5) is 24.5. The van der Waals surface area contributed by atoms with Crippen molar-refractivity contribution in [1.82, 2.24) is 10.2 Å². The van der Waals surface area contributed by atoms with Gasteiger partial charge in [0.15, 0.2) is 0 Å². The van der Waals surface area contributed by atoms with Crippen LogP contribution in [0.15, 0.2) is 0 Å². The normalized spacial score (nSPS) is 16.1. The van der Waals surface area contributed by atoms with Crippen LogP contribution in [0.4, 0.5) is 4.79 Å². The molecular weight excluding hydrogens is 272 g/mol. The lowest BCUT2D eigenvalue weighted by molar-refractivity contribution is -0.137. The van der Waals surface area contributed by atoms with E-state index >= 15 is 0 Å². The van der Waals surface area contributed by atoms with Gasteiger partial charge in [0, 0.05) is 32.2 Å². The van der Waals surface area contributed by atoms with Gasteiger partial charge in [-0.2, -0.15) is 0 Å². The molecule has 122 valence electrons. The fraction of sp³-hybridized carbons (Fsp3) is 0.867. The minimum absolute atomic E-state index is 0.0569. The van der Waals surface area contributed by atoms with Crippen LogP contribution in [-0.4, -0.2) is 52.9 Å². The number of aliphatic hydroxyl groups excluding tert-OH is 1. The van der Waals surface area contributed by atoms with E-state index in [0.29, 0.717) is 32.0 Å². The van der Waals surface area contributed by atoms with Crippen LogP contribution in [0.25, 0.3) is 0 Å². The maximum absolute atomic E-state index is 12.2. The highest BCUT2D eigenvalue weighted by Crippen LogP contribution is 2.24. The third kappa shape index (κ3) is 6.80. The van der Waals surface area contributed by atoms with Crippen LogP contribution in [0.2, 0.25) is 0 Å². The van der Waals surface area contributed by atoms with Crippen molar-refractivity contribution in [2.45, 2.75) is 57.9 Å².